The van der Waals surface area contributed by atoms with E-state index >= 15 is 0 Å². The van der Waals surface area contributed by atoms with E-state index in [2.05, 4.69) is 12.6 Å². The first kappa shape index (κ1) is 10.1. The van der Waals surface area contributed by atoms with Crippen LogP contribution in [0.1, 0.15) is 6.92 Å². The molecular weight excluding hydrogens is 236 g/mol. The molecule has 0 aliphatic heterocycles. The van der Waals surface area contributed by atoms with Crippen LogP contribution in [0.4, 0.5) is 0 Å². The van der Waals surface area contributed by atoms with Gasteiger partial charge in [-0.05, 0) is 19.1 Å². The molecular formula is C10H9ClOS2. The summed E-state index contributed by atoms with van der Waals surface area (Å²) in [6.07, 6.45) is 0. The fraction of sp³-hybridized carbons (Fsp3) is 0.200. The highest BCUT2D eigenvalue weighted by Gasteiger charge is 2.07. The van der Waals surface area contributed by atoms with Crippen LogP contribution in [0.2, 0.25) is 5.02 Å². The third kappa shape index (κ3) is 1.72. The molecule has 0 bridgehead atoms. The molecule has 2 rings (SSSR count). The highest BCUT2D eigenvalue weighted by Crippen LogP contribution is 2.38. The summed E-state index contributed by atoms with van der Waals surface area (Å²) in [5, 5.41) is 2.63. The first-order valence-electron chi connectivity index (χ1n) is 4.26. The first-order chi connectivity index (χ1) is 6.72. The summed E-state index contributed by atoms with van der Waals surface area (Å²) in [4.78, 5) is 0.806. The number of rotatable bonds is 2. The van der Waals surface area contributed by atoms with E-state index in [0.29, 0.717) is 11.6 Å². The maximum absolute atomic E-state index is 6.11. The van der Waals surface area contributed by atoms with Gasteiger partial charge in [0.1, 0.15) is 0 Å². The second-order valence-electron chi connectivity index (χ2n) is 2.81. The zero-order valence-corrected chi connectivity index (χ0v) is 10.0. The smallest absolute Gasteiger partial charge is 0.174 e. The average molecular weight is 245 g/mol. The molecule has 4 heteroatoms. The van der Waals surface area contributed by atoms with E-state index in [1.807, 2.05) is 25.1 Å². The quantitative estimate of drug-likeness (QED) is 0.778. The highest BCUT2D eigenvalue weighted by molar-refractivity contribution is 7.80. The van der Waals surface area contributed by atoms with Crippen molar-refractivity contribution in [3.63, 3.8) is 0 Å². The Labute approximate surface area is 97.1 Å². The molecule has 74 valence electrons. The summed E-state index contributed by atoms with van der Waals surface area (Å²) in [6, 6.07) is 5.88. The van der Waals surface area contributed by atoms with Crippen molar-refractivity contribution >= 4 is 45.7 Å². The molecule has 1 aromatic carbocycles. The molecule has 0 radical (unpaired) electrons. The molecule has 0 amide bonds. The summed E-state index contributed by atoms with van der Waals surface area (Å²) in [7, 11) is 0. The van der Waals surface area contributed by atoms with Crippen LogP contribution >= 0.6 is 35.6 Å². The monoisotopic (exact) mass is 244 g/mol. The van der Waals surface area contributed by atoms with Gasteiger partial charge in [0.25, 0.3) is 0 Å². The Kier molecular flexibility index (Phi) is 2.91. The van der Waals surface area contributed by atoms with E-state index in [0.717, 1.165) is 20.0 Å². The molecule has 0 saturated heterocycles. The van der Waals surface area contributed by atoms with Crippen molar-refractivity contribution in [3.05, 3.63) is 23.2 Å². The van der Waals surface area contributed by atoms with Crippen LogP contribution in [0.3, 0.4) is 0 Å². The van der Waals surface area contributed by atoms with Crippen LogP contribution in [0.25, 0.3) is 10.1 Å². The summed E-state index contributed by atoms with van der Waals surface area (Å²) in [5.41, 5.74) is 0. The van der Waals surface area contributed by atoms with Gasteiger partial charge in [-0.1, -0.05) is 22.9 Å². The lowest BCUT2D eigenvalue weighted by Gasteiger charge is -1.96. The fourth-order valence-electron chi connectivity index (χ4n) is 1.26. The van der Waals surface area contributed by atoms with E-state index in [1.165, 1.54) is 0 Å². The maximum Gasteiger partial charge on any atom is 0.174 e. The van der Waals surface area contributed by atoms with Crippen LogP contribution in [-0.4, -0.2) is 6.61 Å². The van der Waals surface area contributed by atoms with Gasteiger partial charge in [-0.15, -0.1) is 12.6 Å². The van der Waals surface area contributed by atoms with Crippen molar-refractivity contribution in [1.29, 1.82) is 0 Å². The van der Waals surface area contributed by atoms with Crippen molar-refractivity contribution in [2.45, 2.75) is 11.8 Å². The molecule has 0 aliphatic carbocycles. The van der Waals surface area contributed by atoms with Gasteiger partial charge in [-0.25, -0.2) is 0 Å². The summed E-state index contributed by atoms with van der Waals surface area (Å²) >= 11 is 12.0. The van der Waals surface area contributed by atoms with E-state index in [9.17, 15) is 0 Å². The molecule has 0 fully saturated rings. The highest BCUT2D eigenvalue weighted by atomic mass is 35.5. The SMILES string of the molecule is CCOc1cc2c(Cl)c(S)ccc2s1. The lowest BCUT2D eigenvalue weighted by molar-refractivity contribution is 0.350. The van der Waals surface area contributed by atoms with Crippen LogP contribution < -0.4 is 4.74 Å². The number of fused-ring (bicyclic) bond motifs is 1. The van der Waals surface area contributed by atoms with Gasteiger partial charge in [0.05, 0.1) is 11.6 Å². The molecule has 0 atom stereocenters. The third-order valence-electron chi connectivity index (χ3n) is 1.88. The predicted molar refractivity (Wildman–Crippen MR) is 65.3 cm³/mol. The van der Waals surface area contributed by atoms with Gasteiger partial charge in [0, 0.05) is 21.0 Å². The van der Waals surface area contributed by atoms with E-state index in [1.54, 1.807) is 11.3 Å². The molecule has 0 saturated carbocycles. The lowest BCUT2D eigenvalue weighted by atomic mass is 10.3. The molecule has 0 unspecified atom stereocenters. The molecule has 1 nitrogen and oxygen atoms in total. The largest absolute Gasteiger partial charge is 0.484 e. The minimum Gasteiger partial charge on any atom is -0.484 e. The molecule has 1 aromatic heterocycles. The van der Waals surface area contributed by atoms with Crippen molar-refractivity contribution in [2.75, 3.05) is 6.61 Å². The van der Waals surface area contributed by atoms with Gasteiger partial charge in [0.15, 0.2) is 5.06 Å². The van der Waals surface area contributed by atoms with Gasteiger partial charge < -0.3 is 4.74 Å². The summed E-state index contributed by atoms with van der Waals surface area (Å²) in [6.45, 7) is 2.65. The zero-order chi connectivity index (χ0) is 10.1. The van der Waals surface area contributed by atoms with Gasteiger partial charge in [-0.2, -0.15) is 0 Å². The average Bonchev–Trinajstić information content (AvgIpc) is 2.56. The number of benzene rings is 1. The van der Waals surface area contributed by atoms with Crippen LogP contribution in [0, 0.1) is 0 Å². The lowest BCUT2D eigenvalue weighted by Crippen LogP contribution is -1.86. The maximum atomic E-state index is 6.11. The van der Waals surface area contributed by atoms with Crippen LogP contribution in [-0.2, 0) is 0 Å². The third-order valence-corrected chi connectivity index (χ3v) is 3.80. The van der Waals surface area contributed by atoms with E-state index in [-0.39, 0.29) is 0 Å². The number of thiol groups is 1. The summed E-state index contributed by atoms with van der Waals surface area (Å²) < 4.78 is 6.56. The Morgan fingerprint density at radius 2 is 2.29 bits per heavy atom. The Bertz CT molecular complexity index is 464. The minimum atomic E-state index is 0.679. The number of hydrogen-bond acceptors (Lipinski definition) is 3. The number of ether oxygens (including phenoxy) is 1. The van der Waals surface area contributed by atoms with Gasteiger partial charge in [0.2, 0.25) is 0 Å². The molecule has 2 aromatic rings. The molecule has 14 heavy (non-hydrogen) atoms. The predicted octanol–water partition coefficient (Wildman–Crippen LogP) is 4.24. The number of halogens is 1. The van der Waals surface area contributed by atoms with Crippen molar-refractivity contribution in [2.24, 2.45) is 0 Å². The van der Waals surface area contributed by atoms with Gasteiger partial charge >= 0.3 is 0 Å². The van der Waals surface area contributed by atoms with Crippen molar-refractivity contribution in [1.82, 2.24) is 0 Å². The number of hydrogen-bond donors (Lipinski definition) is 1. The van der Waals surface area contributed by atoms with Crippen molar-refractivity contribution < 1.29 is 4.74 Å². The molecule has 0 N–H and O–H groups in total. The second kappa shape index (κ2) is 4.01. The second-order valence-corrected chi connectivity index (χ2v) is 4.72. The van der Waals surface area contributed by atoms with Crippen molar-refractivity contribution in [3.8, 4) is 5.06 Å². The topological polar surface area (TPSA) is 9.23 Å². The van der Waals surface area contributed by atoms with E-state index < -0.39 is 0 Å². The fourth-order valence-corrected chi connectivity index (χ4v) is 2.70. The molecule has 0 spiro atoms. The standard InChI is InChI=1S/C10H9ClOS2/c1-2-12-9-5-6-8(14-9)4-3-7(13)10(6)11/h3-5,13H,2H2,1H3. The van der Waals surface area contributed by atoms with Crippen LogP contribution in [0.15, 0.2) is 23.1 Å². The number of thiophene rings is 1. The Morgan fingerprint density at radius 1 is 1.50 bits per heavy atom. The molecule has 0 aliphatic rings. The molecule has 1 heterocycles. The summed E-state index contributed by atoms with van der Waals surface area (Å²) in [5.74, 6) is 0. The first-order valence-corrected chi connectivity index (χ1v) is 5.90. The zero-order valence-electron chi connectivity index (χ0n) is 7.58. The minimum absolute atomic E-state index is 0.679. The van der Waals surface area contributed by atoms with Crippen LogP contribution in [0.5, 0.6) is 5.06 Å². The Balaban J connectivity index is 2.59. The Hall–Kier alpha value is -0.380. The van der Waals surface area contributed by atoms with Gasteiger partial charge in [-0.3, -0.25) is 0 Å². The Morgan fingerprint density at radius 3 is 3.00 bits per heavy atom. The normalized spacial score (nSPS) is 10.8. The van der Waals surface area contributed by atoms with E-state index in [4.69, 9.17) is 16.3 Å².